The van der Waals surface area contributed by atoms with E-state index in [9.17, 15) is 22.3 Å². The number of phenolic OH excluding ortho intramolecular Hbond substituents is 1. The number of rotatable bonds is 3. The molecule has 2 rings (SSSR count). The molecule has 0 amide bonds. The molecule has 0 unspecified atom stereocenters. The van der Waals surface area contributed by atoms with Crippen molar-refractivity contribution < 1.29 is 22.3 Å². The Morgan fingerprint density at radius 2 is 1.85 bits per heavy atom. The summed E-state index contributed by atoms with van der Waals surface area (Å²) < 4.78 is 52.5. The normalized spacial score (nSPS) is 11.3. The Kier molecular flexibility index (Phi) is 3.63. The van der Waals surface area contributed by atoms with Gasteiger partial charge in [0.25, 0.3) is 10.0 Å². The first kappa shape index (κ1) is 14.3. The quantitative estimate of drug-likeness (QED) is 0.916. The van der Waals surface area contributed by atoms with Crippen LogP contribution >= 0.6 is 0 Å². The Morgan fingerprint density at radius 1 is 1.15 bits per heavy atom. The van der Waals surface area contributed by atoms with Crippen molar-refractivity contribution in [3.05, 3.63) is 53.6 Å². The average Bonchev–Trinajstić information content (AvgIpc) is 2.34. The summed E-state index contributed by atoms with van der Waals surface area (Å²) in [4.78, 5) is -0.665. The summed E-state index contributed by atoms with van der Waals surface area (Å²) in [5.74, 6) is -2.14. The van der Waals surface area contributed by atoms with Gasteiger partial charge in [0.05, 0.1) is 5.69 Å². The van der Waals surface area contributed by atoms with Crippen molar-refractivity contribution in [2.45, 2.75) is 11.8 Å². The fourth-order valence-electron chi connectivity index (χ4n) is 1.63. The fraction of sp³-hybridized carbons (Fsp3) is 0.0769. The van der Waals surface area contributed by atoms with E-state index in [4.69, 9.17) is 0 Å². The van der Waals surface area contributed by atoms with Crippen LogP contribution in [-0.4, -0.2) is 13.5 Å². The first-order valence-electron chi connectivity index (χ1n) is 5.58. The Hall–Kier alpha value is -2.15. The van der Waals surface area contributed by atoms with Crippen LogP contribution in [0, 0.1) is 18.6 Å². The minimum absolute atomic E-state index is 0.0928. The summed E-state index contributed by atoms with van der Waals surface area (Å²) in [6.07, 6.45) is 0. The SMILES string of the molecule is Cc1c(O)cccc1NS(=O)(=O)c1ccc(F)cc1F. The minimum Gasteiger partial charge on any atom is -0.508 e. The molecular weight excluding hydrogens is 288 g/mol. The van der Waals surface area contributed by atoms with Gasteiger partial charge in [-0.05, 0) is 31.2 Å². The van der Waals surface area contributed by atoms with Gasteiger partial charge in [-0.15, -0.1) is 0 Å². The lowest BCUT2D eigenvalue weighted by Gasteiger charge is -2.11. The van der Waals surface area contributed by atoms with Crippen LogP contribution in [-0.2, 0) is 10.0 Å². The molecule has 0 heterocycles. The maximum absolute atomic E-state index is 13.5. The van der Waals surface area contributed by atoms with E-state index >= 15 is 0 Å². The van der Waals surface area contributed by atoms with Gasteiger partial charge in [0.15, 0.2) is 0 Å². The highest BCUT2D eigenvalue weighted by molar-refractivity contribution is 7.92. The number of hydrogen-bond acceptors (Lipinski definition) is 3. The zero-order valence-electron chi connectivity index (χ0n) is 10.4. The van der Waals surface area contributed by atoms with Gasteiger partial charge >= 0.3 is 0 Å². The van der Waals surface area contributed by atoms with E-state index in [0.29, 0.717) is 11.6 Å². The van der Waals surface area contributed by atoms with E-state index in [-0.39, 0.29) is 11.4 Å². The molecule has 0 fully saturated rings. The van der Waals surface area contributed by atoms with Gasteiger partial charge in [-0.2, -0.15) is 0 Å². The van der Waals surface area contributed by atoms with Gasteiger partial charge in [-0.3, -0.25) is 4.72 Å². The summed E-state index contributed by atoms with van der Waals surface area (Å²) in [5, 5.41) is 9.50. The number of anilines is 1. The molecule has 2 N–H and O–H groups in total. The molecule has 4 nitrogen and oxygen atoms in total. The first-order chi connectivity index (χ1) is 9.31. The number of nitrogens with one attached hydrogen (secondary N) is 1. The zero-order valence-corrected chi connectivity index (χ0v) is 11.2. The van der Waals surface area contributed by atoms with Gasteiger partial charge in [0, 0.05) is 11.6 Å². The van der Waals surface area contributed by atoms with E-state index in [0.717, 1.165) is 12.1 Å². The Bertz CT molecular complexity index is 760. The molecule has 0 radical (unpaired) electrons. The molecule has 20 heavy (non-hydrogen) atoms. The van der Waals surface area contributed by atoms with Crippen LogP contribution in [0.15, 0.2) is 41.3 Å². The van der Waals surface area contributed by atoms with Crippen LogP contribution in [0.4, 0.5) is 14.5 Å². The monoisotopic (exact) mass is 299 g/mol. The van der Waals surface area contributed by atoms with Gasteiger partial charge in [0.2, 0.25) is 0 Å². The summed E-state index contributed by atoms with van der Waals surface area (Å²) in [5.41, 5.74) is 0.423. The predicted molar refractivity (Wildman–Crippen MR) is 70.0 cm³/mol. The van der Waals surface area contributed by atoms with E-state index < -0.39 is 26.6 Å². The molecule has 0 aromatic heterocycles. The van der Waals surface area contributed by atoms with Gasteiger partial charge in [-0.1, -0.05) is 6.07 Å². The molecule has 2 aromatic rings. The molecule has 0 aliphatic heterocycles. The summed E-state index contributed by atoms with van der Waals surface area (Å²) in [7, 11) is -4.20. The first-order valence-corrected chi connectivity index (χ1v) is 7.06. The summed E-state index contributed by atoms with van der Waals surface area (Å²) >= 11 is 0. The third-order valence-corrected chi connectivity index (χ3v) is 4.13. The van der Waals surface area contributed by atoms with Crippen molar-refractivity contribution in [2.75, 3.05) is 4.72 Å². The van der Waals surface area contributed by atoms with Crippen molar-refractivity contribution in [2.24, 2.45) is 0 Å². The van der Waals surface area contributed by atoms with Crippen molar-refractivity contribution in [1.29, 1.82) is 0 Å². The number of sulfonamides is 1. The largest absolute Gasteiger partial charge is 0.508 e. The van der Waals surface area contributed by atoms with E-state index in [1.807, 2.05) is 0 Å². The fourth-order valence-corrected chi connectivity index (χ4v) is 2.81. The molecule has 0 aliphatic carbocycles. The molecular formula is C13H11F2NO3S. The highest BCUT2D eigenvalue weighted by atomic mass is 32.2. The highest BCUT2D eigenvalue weighted by Crippen LogP contribution is 2.27. The van der Waals surface area contributed by atoms with Crippen LogP contribution in [0.5, 0.6) is 5.75 Å². The number of aromatic hydroxyl groups is 1. The molecule has 0 saturated heterocycles. The van der Waals surface area contributed by atoms with Crippen molar-refractivity contribution in [1.82, 2.24) is 0 Å². The second-order valence-corrected chi connectivity index (χ2v) is 5.78. The lowest BCUT2D eigenvalue weighted by atomic mass is 10.2. The maximum atomic E-state index is 13.5. The lowest BCUT2D eigenvalue weighted by molar-refractivity contribution is 0.471. The number of benzene rings is 2. The average molecular weight is 299 g/mol. The van der Waals surface area contributed by atoms with E-state index in [2.05, 4.69) is 4.72 Å². The topological polar surface area (TPSA) is 66.4 Å². The second-order valence-electron chi connectivity index (χ2n) is 4.13. The Balaban J connectivity index is 2.44. The smallest absolute Gasteiger partial charge is 0.264 e. The predicted octanol–water partition coefficient (Wildman–Crippen LogP) is 2.78. The second kappa shape index (κ2) is 5.09. The van der Waals surface area contributed by atoms with E-state index in [1.165, 1.54) is 25.1 Å². The highest BCUT2D eigenvalue weighted by Gasteiger charge is 2.20. The molecule has 0 saturated carbocycles. The third-order valence-electron chi connectivity index (χ3n) is 2.73. The van der Waals surface area contributed by atoms with Crippen LogP contribution in [0.1, 0.15) is 5.56 Å². The van der Waals surface area contributed by atoms with Gasteiger partial charge < -0.3 is 5.11 Å². The Labute approximate surface area is 114 Å². The number of phenols is 1. The summed E-state index contributed by atoms with van der Waals surface area (Å²) in [6, 6.07) is 6.45. The van der Waals surface area contributed by atoms with Crippen LogP contribution < -0.4 is 4.72 Å². The minimum atomic E-state index is -4.20. The van der Waals surface area contributed by atoms with Crippen LogP contribution in [0.25, 0.3) is 0 Å². The molecule has 0 aliphatic rings. The molecule has 0 spiro atoms. The molecule has 106 valence electrons. The van der Waals surface area contributed by atoms with Crippen LogP contribution in [0.2, 0.25) is 0 Å². The number of hydrogen-bond donors (Lipinski definition) is 2. The number of halogens is 2. The molecule has 2 aromatic carbocycles. The Morgan fingerprint density at radius 3 is 2.50 bits per heavy atom. The van der Waals surface area contributed by atoms with Crippen molar-refractivity contribution in [3.8, 4) is 5.75 Å². The van der Waals surface area contributed by atoms with Gasteiger partial charge in [0.1, 0.15) is 22.3 Å². The molecule has 0 bridgehead atoms. The maximum Gasteiger partial charge on any atom is 0.264 e. The zero-order chi connectivity index (χ0) is 14.9. The standard InChI is InChI=1S/C13H11F2NO3S/c1-8-11(3-2-4-12(8)17)16-20(18,19)13-6-5-9(14)7-10(13)15/h2-7,16-17H,1H3. The third kappa shape index (κ3) is 2.72. The van der Waals surface area contributed by atoms with E-state index in [1.54, 1.807) is 0 Å². The summed E-state index contributed by atoms with van der Waals surface area (Å²) in [6.45, 7) is 1.51. The van der Waals surface area contributed by atoms with Gasteiger partial charge in [-0.25, -0.2) is 17.2 Å². The van der Waals surface area contributed by atoms with Crippen molar-refractivity contribution >= 4 is 15.7 Å². The van der Waals surface area contributed by atoms with Crippen LogP contribution in [0.3, 0.4) is 0 Å². The van der Waals surface area contributed by atoms with Crippen molar-refractivity contribution in [3.63, 3.8) is 0 Å². The molecule has 7 heteroatoms. The lowest BCUT2D eigenvalue weighted by Crippen LogP contribution is -2.15. The molecule has 0 atom stereocenters.